The molecule has 0 radical (unpaired) electrons. The van der Waals surface area contributed by atoms with E-state index in [9.17, 15) is 4.79 Å². The SMILES string of the molecule is O=C(Nc1cccc(-n2cnnc2)c1)[C@@H]1COCCO1. The molecule has 7 nitrogen and oxygen atoms in total. The number of hydrogen-bond donors (Lipinski definition) is 1. The molecule has 1 atom stereocenters. The summed E-state index contributed by atoms with van der Waals surface area (Å²) in [6.07, 6.45) is 2.64. The summed E-state index contributed by atoms with van der Waals surface area (Å²) in [5.41, 5.74) is 1.56. The van der Waals surface area contributed by atoms with E-state index in [1.54, 1.807) is 17.2 Å². The Morgan fingerprint density at radius 2 is 2.15 bits per heavy atom. The van der Waals surface area contributed by atoms with Gasteiger partial charge in [-0.05, 0) is 18.2 Å². The van der Waals surface area contributed by atoms with Crippen LogP contribution in [-0.2, 0) is 14.3 Å². The minimum absolute atomic E-state index is 0.203. The van der Waals surface area contributed by atoms with Crippen LogP contribution in [0.25, 0.3) is 5.69 Å². The van der Waals surface area contributed by atoms with Gasteiger partial charge in [0.15, 0.2) is 6.10 Å². The third-order valence-electron chi connectivity index (χ3n) is 2.94. The second kappa shape index (κ2) is 5.81. The Kier molecular flexibility index (Phi) is 3.71. The molecule has 1 N–H and O–H groups in total. The summed E-state index contributed by atoms with van der Waals surface area (Å²) in [5, 5.41) is 10.3. The molecule has 20 heavy (non-hydrogen) atoms. The average Bonchev–Trinajstić information content (AvgIpc) is 3.03. The van der Waals surface area contributed by atoms with Crippen LogP contribution in [0.15, 0.2) is 36.9 Å². The standard InChI is InChI=1S/C13H14N4O3/c18-13(12-7-19-4-5-20-12)16-10-2-1-3-11(6-10)17-8-14-15-9-17/h1-3,6,8-9,12H,4-5,7H2,(H,16,18)/t12-/m0/s1. The number of aromatic nitrogens is 3. The van der Waals surface area contributed by atoms with Gasteiger partial charge in [-0.2, -0.15) is 0 Å². The highest BCUT2D eigenvalue weighted by Crippen LogP contribution is 2.15. The normalized spacial score (nSPS) is 18.7. The van der Waals surface area contributed by atoms with E-state index >= 15 is 0 Å². The van der Waals surface area contributed by atoms with Gasteiger partial charge in [0, 0.05) is 5.69 Å². The number of carbonyl (C=O) groups is 1. The van der Waals surface area contributed by atoms with Crippen molar-refractivity contribution >= 4 is 11.6 Å². The zero-order chi connectivity index (χ0) is 13.8. The molecule has 0 spiro atoms. The van der Waals surface area contributed by atoms with Gasteiger partial charge in [-0.1, -0.05) is 6.07 Å². The molecule has 1 fully saturated rings. The van der Waals surface area contributed by atoms with Gasteiger partial charge in [-0.15, -0.1) is 10.2 Å². The molecule has 0 saturated carbocycles. The quantitative estimate of drug-likeness (QED) is 0.887. The Morgan fingerprint density at radius 3 is 2.90 bits per heavy atom. The van der Waals surface area contributed by atoms with Gasteiger partial charge in [-0.25, -0.2) is 0 Å². The Hall–Kier alpha value is -2.25. The van der Waals surface area contributed by atoms with E-state index in [4.69, 9.17) is 9.47 Å². The van der Waals surface area contributed by atoms with Crippen molar-refractivity contribution in [1.82, 2.24) is 14.8 Å². The van der Waals surface area contributed by atoms with Crippen LogP contribution in [0.5, 0.6) is 0 Å². The second-order valence-corrected chi connectivity index (χ2v) is 4.34. The number of amides is 1. The van der Waals surface area contributed by atoms with Crippen LogP contribution in [-0.4, -0.2) is 46.6 Å². The van der Waals surface area contributed by atoms with E-state index < -0.39 is 6.10 Å². The van der Waals surface area contributed by atoms with Crippen molar-refractivity contribution in [1.29, 1.82) is 0 Å². The first-order chi connectivity index (χ1) is 9.83. The molecule has 2 heterocycles. The molecule has 7 heteroatoms. The topological polar surface area (TPSA) is 78.3 Å². The van der Waals surface area contributed by atoms with E-state index in [2.05, 4.69) is 15.5 Å². The number of benzene rings is 1. The molecule has 2 aromatic rings. The molecule has 1 amide bonds. The average molecular weight is 274 g/mol. The van der Waals surface area contributed by atoms with E-state index in [-0.39, 0.29) is 12.5 Å². The van der Waals surface area contributed by atoms with Crippen LogP contribution in [0, 0.1) is 0 Å². The van der Waals surface area contributed by atoms with Crippen molar-refractivity contribution in [3.8, 4) is 5.69 Å². The van der Waals surface area contributed by atoms with E-state index in [1.165, 1.54) is 0 Å². The van der Waals surface area contributed by atoms with Gasteiger partial charge in [0.05, 0.1) is 25.5 Å². The molecule has 1 aliphatic rings. The maximum Gasteiger partial charge on any atom is 0.255 e. The molecule has 0 aliphatic carbocycles. The lowest BCUT2D eigenvalue weighted by Crippen LogP contribution is -2.39. The highest BCUT2D eigenvalue weighted by Gasteiger charge is 2.22. The summed E-state index contributed by atoms with van der Waals surface area (Å²) in [4.78, 5) is 12.0. The third-order valence-corrected chi connectivity index (χ3v) is 2.94. The molecule has 0 bridgehead atoms. The van der Waals surface area contributed by atoms with Crippen molar-refractivity contribution in [3.05, 3.63) is 36.9 Å². The predicted octanol–water partition coefficient (Wildman–Crippen LogP) is 0.621. The van der Waals surface area contributed by atoms with Gasteiger partial charge in [0.25, 0.3) is 5.91 Å². The van der Waals surface area contributed by atoms with Crippen molar-refractivity contribution in [2.45, 2.75) is 6.10 Å². The molecule has 1 saturated heterocycles. The van der Waals surface area contributed by atoms with E-state index in [0.29, 0.717) is 18.9 Å². The summed E-state index contributed by atoms with van der Waals surface area (Å²) in [7, 11) is 0. The Bertz CT molecular complexity index is 579. The number of ether oxygens (including phenoxy) is 2. The first kappa shape index (κ1) is 12.8. The van der Waals surface area contributed by atoms with Crippen molar-refractivity contribution in [3.63, 3.8) is 0 Å². The summed E-state index contributed by atoms with van der Waals surface area (Å²) in [6.45, 7) is 1.27. The number of nitrogens with one attached hydrogen (secondary N) is 1. The highest BCUT2D eigenvalue weighted by molar-refractivity contribution is 5.94. The molecule has 3 rings (SSSR count). The summed E-state index contributed by atoms with van der Waals surface area (Å²) in [5.74, 6) is -0.203. The fraction of sp³-hybridized carbons (Fsp3) is 0.308. The van der Waals surface area contributed by atoms with Gasteiger partial charge in [0.1, 0.15) is 12.7 Å². The molecule has 1 aliphatic heterocycles. The predicted molar refractivity (Wildman–Crippen MR) is 70.5 cm³/mol. The Labute approximate surface area is 115 Å². The lowest BCUT2D eigenvalue weighted by Gasteiger charge is -2.22. The minimum Gasteiger partial charge on any atom is -0.376 e. The smallest absolute Gasteiger partial charge is 0.255 e. The second-order valence-electron chi connectivity index (χ2n) is 4.34. The zero-order valence-corrected chi connectivity index (χ0v) is 10.7. The van der Waals surface area contributed by atoms with E-state index in [0.717, 1.165) is 5.69 Å². The maximum atomic E-state index is 12.0. The Morgan fingerprint density at radius 1 is 1.30 bits per heavy atom. The highest BCUT2D eigenvalue weighted by atomic mass is 16.6. The van der Waals surface area contributed by atoms with E-state index in [1.807, 2.05) is 24.3 Å². The number of rotatable bonds is 3. The van der Waals surface area contributed by atoms with Crippen LogP contribution < -0.4 is 5.32 Å². The minimum atomic E-state index is -0.553. The zero-order valence-electron chi connectivity index (χ0n) is 10.7. The largest absolute Gasteiger partial charge is 0.376 e. The molecule has 1 aromatic heterocycles. The Balaban J connectivity index is 1.71. The lowest BCUT2D eigenvalue weighted by molar-refractivity contribution is -0.142. The summed E-state index contributed by atoms with van der Waals surface area (Å²) >= 11 is 0. The first-order valence-corrected chi connectivity index (χ1v) is 6.28. The van der Waals surface area contributed by atoms with Crippen molar-refractivity contribution in [2.75, 3.05) is 25.1 Å². The monoisotopic (exact) mass is 274 g/mol. The molecular formula is C13H14N4O3. The molecular weight excluding hydrogens is 260 g/mol. The number of anilines is 1. The van der Waals surface area contributed by atoms with Crippen LogP contribution in [0.2, 0.25) is 0 Å². The number of hydrogen-bond acceptors (Lipinski definition) is 5. The summed E-state index contributed by atoms with van der Waals surface area (Å²) in [6, 6.07) is 7.41. The van der Waals surface area contributed by atoms with Gasteiger partial charge >= 0.3 is 0 Å². The van der Waals surface area contributed by atoms with Crippen LogP contribution in [0.3, 0.4) is 0 Å². The van der Waals surface area contributed by atoms with Gasteiger partial charge in [0.2, 0.25) is 0 Å². The van der Waals surface area contributed by atoms with Crippen LogP contribution >= 0.6 is 0 Å². The number of nitrogens with zero attached hydrogens (tertiary/aromatic N) is 3. The van der Waals surface area contributed by atoms with Crippen molar-refractivity contribution < 1.29 is 14.3 Å². The molecule has 1 aromatic carbocycles. The third kappa shape index (κ3) is 2.84. The van der Waals surface area contributed by atoms with Gasteiger partial charge < -0.3 is 14.8 Å². The van der Waals surface area contributed by atoms with Gasteiger partial charge in [-0.3, -0.25) is 9.36 Å². The lowest BCUT2D eigenvalue weighted by atomic mass is 10.2. The maximum absolute atomic E-state index is 12.0. The van der Waals surface area contributed by atoms with Crippen molar-refractivity contribution in [2.24, 2.45) is 0 Å². The molecule has 0 unspecified atom stereocenters. The fourth-order valence-corrected chi connectivity index (χ4v) is 1.94. The van der Waals surface area contributed by atoms with Crippen LogP contribution in [0.4, 0.5) is 5.69 Å². The molecule has 104 valence electrons. The summed E-state index contributed by atoms with van der Waals surface area (Å²) < 4.78 is 12.3. The fourth-order valence-electron chi connectivity index (χ4n) is 1.94. The van der Waals surface area contributed by atoms with Crippen LogP contribution in [0.1, 0.15) is 0 Å². The first-order valence-electron chi connectivity index (χ1n) is 6.28. The number of carbonyl (C=O) groups excluding carboxylic acids is 1.